The van der Waals surface area contributed by atoms with E-state index in [1.54, 1.807) is 30.3 Å². The fourth-order valence-electron chi connectivity index (χ4n) is 2.44. The number of carbonyl (C=O) groups is 1. The highest BCUT2D eigenvalue weighted by molar-refractivity contribution is 5.95. The highest BCUT2D eigenvalue weighted by Crippen LogP contribution is 2.35. The molecule has 0 spiro atoms. The Bertz CT molecular complexity index is 1040. The van der Waals surface area contributed by atoms with Gasteiger partial charge in [-0.3, -0.25) is 14.6 Å². The van der Waals surface area contributed by atoms with Crippen molar-refractivity contribution in [3.8, 4) is 11.5 Å². The van der Waals surface area contributed by atoms with Gasteiger partial charge in [-0.25, -0.2) is 5.43 Å². The number of H-pyrrole nitrogens is 1. The van der Waals surface area contributed by atoms with Gasteiger partial charge in [-0.2, -0.15) is 5.10 Å². The summed E-state index contributed by atoms with van der Waals surface area (Å²) >= 11 is 0. The SMILES string of the molecule is O=C(NN=Cc1cc2cc3c(cc2[nH]c1=O)OCO3)c1ccncc1. The van der Waals surface area contributed by atoms with Gasteiger partial charge in [0.1, 0.15) is 0 Å². The van der Waals surface area contributed by atoms with Gasteiger partial charge in [0, 0.05) is 29.4 Å². The Morgan fingerprint density at radius 2 is 1.96 bits per heavy atom. The molecule has 124 valence electrons. The zero-order chi connectivity index (χ0) is 17.2. The predicted molar refractivity (Wildman–Crippen MR) is 90.0 cm³/mol. The number of ether oxygens (including phenoxy) is 2. The Morgan fingerprint density at radius 3 is 2.76 bits per heavy atom. The molecular formula is C17H12N4O4. The van der Waals surface area contributed by atoms with Gasteiger partial charge in [0.05, 0.1) is 17.3 Å². The van der Waals surface area contributed by atoms with Crippen molar-refractivity contribution in [2.45, 2.75) is 0 Å². The fourth-order valence-corrected chi connectivity index (χ4v) is 2.44. The van der Waals surface area contributed by atoms with Crippen molar-refractivity contribution in [1.82, 2.24) is 15.4 Å². The number of aromatic nitrogens is 2. The number of pyridine rings is 2. The first-order chi connectivity index (χ1) is 12.2. The molecule has 0 unspecified atom stereocenters. The van der Waals surface area contributed by atoms with Crippen LogP contribution < -0.4 is 20.5 Å². The summed E-state index contributed by atoms with van der Waals surface area (Å²) in [5.74, 6) is 0.821. The van der Waals surface area contributed by atoms with Gasteiger partial charge in [0.25, 0.3) is 11.5 Å². The van der Waals surface area contributed by atoms with E-state index in [2.05, 4.69) is 20.5 Å². The van der Waals surface area contributed by atoms with Crippen LogP contribution in [0.5, 0.6) is 11.5 Å². The number of hydrogen-bond donors (Lipinski definition) is 2. The third-order valence-electron chi connectivity index (χ3n) is 3.68. The lowest BCUT2D eigenvalue weighted by Crippen LogP contribution is -2.19. The van der Waals surface area contributed by atoms with Gasteiger partial charge < -0.3 is 14.5 Å². The number of hydrazone groups is 1. The van der Waals surface area contributed by atoms with E-state index in [0.29, 0.717) is 28.1 Å². The number of benzene rings is 1. The predicted octanol–water partition coefficient (Wildman–Crippen LogP) is 1.42. The van der Waals surface area contributed by atoms with Gasteiger partial charge in [0.15, 0.2) is 11.5 Å². The van der Waals surface area contributed by atoms with Crippen LogP contribution in [-0.4, -0.2) is 28.9 Å². The number of aromatic amines is 1. The van der Waals surface area contributed by atoms with Crippen LogP contribution in [0.4, 0.5) is 0 Å². The standard InChI is InChI=1S/C17H12N4O4/c22-16-12(8-19-21-17(23)10-1-3-18-4-2-10)5-11-6-14-15(25-9-24-14)7-13(11)20-16/h1-8H,9H2,(H,20,22)(H,21,23). The van der Waals surface area contributed by atoms with Crippen LogP contribution in [0.15, 0.2) is 52.6 Å². The summed E-state index contributed by atoms with van der Waals surface area (Å²) in [4.78, 5) is 30.6. The molecule has 2 N–H and O–H groups in total. The van der Waals surface area contributed by atoms with E-state index in [9.17, 15) is 9.59 Å². The van der Waals surface area contributed by atoms with Gasteiger partial charge in [-0.1, -0.05) is 0 Å². The number of carbonyl (C=O) groups excluding carboxylic acids is 1. The molecule has 2 aromatic heterocycles. The number of nitrogens with one attached hydrogen (secondary N) is 2. The van der Waals surface area contributed by atoms with Crippen molar-refractivity contribution in [2.75, 3.05) is 6.79 Å². The molecule has 25 heavy (non-hydrogen) atoms. The topological polar surface area (TPSA) is 106 Å². The molecule has 0 saturated carbocycles. The Kier molecular flexibility index (Phi) is 3.62. The number of hydrogen-bond acceptors (Lipinski definition) is 6. The lowest BCUT2D eigenvalue weighted by molar-refractivity contribution is 0.0955. The zero-order valence-corrected chi connectivity index (χ0v) is 12.9. The second-order valence-corrected chi connectivity index (χ2v) is 5.28. The normalized spacial score (nSPS) is 12.6. The number of rotatable bonds is 3. The molecular weight excluding hydrogens is 324 g/mol. The van der Waals surface area contributed by atoms with Crippen molar-refractivity contribution < 1.29 is 14.3 Å². The molecule has 0 aliphatic carbocycles. The second kappa shape index (κ2) is 6.08. The average Bonchev–Trinajstić information content (AvgIpc) is 3.08. The fraction of sp³-hybridized carbons (Fsp3) is 0.0588. The van der Waals surface area contributed by atoms with Crippen LogP contribution in [0.3, 0.4) is 0 Å². The molecule has 0 saturated heterocycles. The van der Waals surface area contributed by atoms with Crippen molar-refractivity contribution in [3.63, 3.8) is 0 Å². The van der Waals surface area contributed by atoms with E-state index in [0.717, 1.165) is 5.39 Å². The van der Waals surface area contributed by atoms with E-state index in [-0.39, 0.29) is 18.3 Å². The minimum atomic E-state index is -0.390. The minimum Gasteiger partial charge on any atom is -0.454 e. The van der Waals surface area contributed by atoms with E-state index >= 15 is 0 Å². The van der Waals surface area contributed by atoms with Crippen LogP contribution in [0.2, 0.25) is 0 Å². The minimum absolute atomic E-state index is 0.158. The summed E-state index contributed by atoms with van der Waals surface area (Å²) in [5, 5.41) is 4.61. The van der Waals surface area contributed by atoms with Gasteiger partial charge in [0.2, 0.25) is 6.79 Å². The lowest BCUT2D eigenvalue weighted by Gasteiger charge is -2.02. The summed E-state index contributed by atoms with van der Waals surface area (Å²) in [5.41, 5.74) is 3.41. The van der Waals surface area contributed by atoms with Crippen LogP contribution in [0, 0.1) is 0 Å². The molecule has 1 aliphatic rings. The summed E-state index contributed by atoms with van der Waals surface area (Å²) in [6, 6.07) is 8.29. The van der Waals surface area contributed by atoms with Gasteiger partial charge in [-0.15, -0.1) is 0 Å². The zero-order valence-electron chi connectivity index (χ0n) is 12.9. The maximum Gasteiger partial charge on any atom is 0.271 e. The van der Waals surface area contributed by atoms with E-state index in [4.69, 9.17) is 9.47 Å². The molecule has 4 rings (SSSR count). The maximum absolute atomic E-state index is 12.1. The molecule has 0 radical (unpaired) electrons. The first-order valence-corrected chi connectivity index (χ1v) is 7.41. The number of fused-ring (bicyclic) bond motifs is 2. The van der Waals surface area contributed by atoms with Crippen LogP contribution >= 0.6 is 0 Å². The van der Waals surface area contributed by atoms with E-state index < -0.39 is 0 Å². The van der Waals surface area contributed by atoms with Crippen LogP contribution in [0.25, 0.3) is 10.9 Å². The number of amides is 1. The summed E-state index contributed by atoms with van der Waals surface area (Å²) in [7, 11) is 0. The monoisotopic (exact) mass is 336 g/mol. The summed E-state index contributed by atoms with van der Waals surface area (Å²) in [6.07, 6.45) is 4.32. The van der Waals surface area contributed by atoms with Crippen molar-refractivity contribution >= 4 is 23.0 Å². The first kappa shape index (κ1) is 14.9. The largest absolute Gasteiger partial charge is 0.454 e. The molecule has 1 aliphatic heterocycles. The molecule has 3 aromatic rings. The van der Waals surface area contributed by atoms with Gasteiger partial charge in [-0.05, 0) is 24.3 Å². The molecule has 0 atom stereocenters. The summed E-state index contributed by atoms with van der Waals surface area (Å²) < 4.78 is 10.6. The lowest BCUT2D eigenvalue weighted by atomic mass is 10.1. The number of nitrogens with zero attached hydrogens (tertiary/aromatic N) is 2. The van der Waals surface area contributed by atoms with Crippen molar-refractivity contribution in [3.05, 3.63) is 64.2 Å². The third-order valence-corrected chi connectivity index (χ3v) is 3.68. The highest BCUT2D eigenvalue weighted by atomic mass is 16.7. The molecule has 3 heterocycles. The Morgan fingerprint density at radius 1 is 1.20 bits per heavy atom. The first-order valence-electron chi connectivity index (χ1n) is 7.41. The molecule has 1 aromatic carbocycles. The summed E-state index contributed by atoms with van der Waals surface area (Å²) in [6.45, 7) is 0.158. The van der Waals surface area contributed by atoms with E-state index in [1.807, 2.05) is 0 Å². The van der Waals surface area contributed by atoms with Crippen LogP contribution in [-0.2, 0) is 0 Å². The smallest absolute Gasteiger partial charge is 0.271 e. The Balaban J connectivity index is 1.59. The molecule has 1 amide bonds. The molecule has 8 heteroatoms. The molecule has 0 fully saturated rings. The highest BCUT2D eigenvalue weighted by Gasteiger charge is 2.15. The van der Waals surface area contributed by atoms with Crippen LogP contribution in [0.1, 0.15) is 15.9 Å². The third kappa shape index (κ3) is 2.92. The molecule has 0 bridgehead atoms. The molecule has 8 nitrogen and oxygen atoms in total. The Labute approximate surface area is 141 Å². The average molecular weight is 336 g/mol. The second-order valence-electron chi connectivity index (χ2n) is 5.28. The van der Waals surface area contributed by atoms with E-state index in [1.165, 1.54) is 18.6 Å². The van der Waals surface area contributed by atoms with Crippen molar-refractivity contribution in [1.29, 1.82) is 0 Å². The Hall–Kier alpha value is -3.68. The maximum atomic E-state index is 12.1. The van der Waals surface area contributed by atoms with Crippen molar-refractivity contribution in [2.24, 2.45) is 5.10 Å². The quantitative estimate of drug-likeness (QED) is 0.556. The van der Waals surface area contributed by atoms with Gasteiger partial charge >= 0.3 is 0 Å².